The molecule has 3 aromatic rings. The molecule has 2 N–H and O–H groups in total. The van der Waals surface area contributed by atoms with E-state index >= 15 is 0 Å². The number of rotatable bonds is 6. The minimum atomic E-state index is -0.0321. The second kappa shape index (κ2) is 9.81. The molecule has 0 unspecified atom stereocenters. The van der Waals surface area contributed by atoms with Gasteiger partial charge in [-0.1, -0.05) is 17.7 Å². The summed E-state index contributed by atoms with van der Waals surface area (Å²) in [5, 5.41) is 6.77. The van der Waals surface area contributed by atoms with Gasteiger partial charge < -0.3 is 10.1 Å². The molecule has 0 aliphatic carbocycles. The quantitative estimate of drug-likeness (QED) is 0.520. The summed E-state index contributed by atoms with van der Waals surface area (Å²) in [7, 11) is 1.60. The molecule has 0 atom stereocenters. The van der Waals surface area contributed by atoms with Crippen LogP contribution in [0.25, 0.3) is 11.4 Å². The largest absolute Gasteiger partial charge is 0.496 e. The maximum Gasteiger partial charge on any atom is 0.228 e. The van der Waals surface area contributed by atoms with Gasteiger partial charge in [0, 0.05) is 30.2 Å². The van der Waals surface area contributed by atoms with E-state index in [1.807, 2.05) is 23.7 Å². The maximum absolute atomic E-state index is 12.6. The summed E-state index contributed by atoms with van der Waals surface area (Å²) < 4.78 is 7.69. The van der Waals surface area contributed by atoms with Crippen LogP contribution >= 0.6 is 23.8 Å². The zero-order valence-electron chi connectivity index (χ0n) is 18.0. The number of nitrogens with zero attached hydrogens (tertiary/aromatic N) is 4. The van der Waals surface area contributed by atoms with Gasteiger partial charge in [0.2, 0.25) is 10.7 Å². The van der Waals surface area contributed by atoms with Crippen molar-refractivity contribution in [2.45, 2.75) is 26.4 Å². The van der Waals surface area contributed by atoms with Crippen molar-refractivity contribution in [3.8, 4) is 17.1 Å². The molecular weight excluding hydrogens is 448 g/mol. The second-order valence-electron chi connectivity index (χ2n) is 7.87. The summed E-state index contributed by atoms with van der Waals surface area (Å²) in [6.45, 7) is 4.11. The number of H-pyrrole nitrogens is 1. The Labute approximate surface area is 196 Å². The molecule has 10 heteroatoms. The number of hydrogen-bond acceptors (Lipinski definition) is 6. The number of ether oxygens (including phenoxy) is 1. The van der Waals surface area contributed by atoms with E-state index in [-0.39, 0.29) is 11.8 Å². The third-order valence-electron chi connectivity index (χ3n) is 5.56. The Balaban J connectivity index is 1.36. The molecular formula is C22H25ClN6O2S. The van der Waals surface area contributed by atoms with Crippen molar-refractivity contribution in [3.05, 3.63) is 51.9 Å². The fraction of sp³-hybridized carbons (Fsp3) is 0.364. The number of benzene rings is 1. The Morgan fingerprint density at radius 3 is 2.78 bits per heavy atom. The van der Waals surface area contributed by atoms with Gasteiger partial charge in [0.25, 0.3) is 0 Å². The molecule has 0 radical (unpaired) electrons. The number of anilines is 1. The van der Waals surface area contributed by atoms with Crippen LogP contribution in [0.1, 0.15) is 18.4 Å². The first-order valence-corrected chi connectivity index (χ1v) is 11.2. The van der Waals surface area contributed by atoms with Crippen LogP contribution < -0.4 is 10.1 Å². The second-order valence-corrected chi connectivity index (χ2v) is 8.67. The number of aromatic amines is 1. The normalized spacial score (nSPS) is 15.0. The smallest absolute Gasteiger partial charge is 0.228 e. The van der Waals surface area contributed by atoms with Gasteiger partial charge in [0.15, 0.2) is 5.82 Å². The number of carbonyl (C=O) groups is 1. The van der Waals surface area contributed by atoms with Crippen molar-refractivity contribution in [1.29, 1.82) is 0 Å². The molecule has 8 nitrogen and oxygen atoms in total. The van der Waals surface area contributed by atoms with Crippen molar-refractivity contribution >= 4 is 35.5 Å². The van der Waals surface area contributed by atoms with Crippen molar-refractivity contribution in [2.75, 3.05) is 25.5 Å². The Morgan fingerprint density at radius 1 is 1.31 bits per heavy atom. The molecule has 1 fully saturated rings. The minimum Gasteiger partial charge on any atom is -0.496 e. The van der Waals surface area contributed by atoms with Gasteiger partial charge in [-0.2, -0.15) is 4.98 Å². The van der Waals surface area contributed by atoms with Crippen LogP contribution in [0.2, 0.25) is 5.02 Å². The van der Waals surface area contributed by atoms with Crippen molar-refractivity contribution in [3.63, 3.8) is 0 Å². The highest BCUT2D eigenvalue weighted by atomic mass is 35.5. The molecule has 3 heterocycles. The monoisotopic (exact) mass is 472 g/mol. The number of methoxy groups -OCH3 is 1. The molecule has 0 saturated carbocycles. The summed E-state index contributed by atoms with van der Waals surface area (Å²) >= 11 is 11.6. The summed E-state index contributed by atoms with van der Waals surface area (Å²) in [5.74, 6) is 1.86. The van der Waals surface area contributed by atoms with Gasteiger partial charge in [0.05, 0.1) is 19.3 Å². The Kier molecular flexibility index (Phi) is 6.88. The molecule has 0 spiro atoms. The molecule has 32 heavy (non-hydrogen) atoms. The number of pyridine rings is 1. The number of nitrogens with one attached hydrogen (secondary N) is 2. The molecule has 2 aromatic heterocycles. The van der Waals surface area contributed by atoms with E-state index < -0.39 is 0 Å². The van der Waals surface area contributed by atoms with E-state index in [4.69, 9.17) is 28.6 Å². The maximum atomic E-state index is 12.6. The number of piperidine rings is 1. The van der Waals surface area contributed by atoms with E-state index in [1.165, 1.54) is 0 Å². The van der Waals surface area contributed by atoms with Crippen LogP contribution in [0, 0.1) is 17.6 Å². The molecule has 1 aromatic carbocycles. The molecule has 1 amide bonds. The van der Waals surface area contributed by atoms with Crippen LogP contribution in [0.3, 0.4) is 0 Å². The zero-order valence-corrected chi connectivity index (χ0v) is 19.5. The number of carbonyl (C=O) groups excluding carboxylic acids is 1. The predicted molar refractivity (Wildman–Crippen MR) is 126 cm³/mol. The van der Waals surface area contributed by atoms with E-state index in [1.54, 1.807) is 31.5 Å². The molecule has 4 rings (SSSR count). The van der Waals surface area contributed by atoms with E-state index in [9.17, 15) is 4.79 Å². The van der Waals surface area contributed by atoms with Crippen LogP contribution in [0.4, 0.5) is 5.82 Å². The fourth-order valence-electron chi connectivity index (χ4n) is 3.74. The Morgan fingerprint density at radius 2 is 2.09 bits per heavy atom. The first-order chi connectivity index (χ1) is 15.4. The van der Waals surface area contributed by atoms with Crippen LogP contribution in [0.15, 0.2) is 36.5 Å². The van der Waals surface area contributed by atoms with Crippen LogP contribution in [0.5, 0.6) is 5.75 Å². The number of halogens is 1. The summed E-state index contributed by atoms with van der Waals surface area (Å²) in [6, 6.07) is 9.13. The third-order valence-corrected chi connectivity index (χ3v) is 6.11. The van der Waals surface area contributed by atoms with Gasteiger partial charge in [-0.05, 0) is 61.8 Å². The first kappa shape index (κ1) is 22.4. The van der Waals surface area contributed by atoms with Gasteiger partial charge in [-0.15, -0.1) is 0 Å². The number of likely N-dealkylation sites (tertiary alicyclic amines) is 1. The highest BCUT2D eigenvalue weighted by molar-refractivity contribution is 7.71. The molecule has 0 bridgehead atoms. The van der Waals surface area contributed by atoms with Crippen molar-refractivity contribution in [2.24, 2.45) is 5.92 Å². The summed E-state index contributed by atoms with van der Waals surface area (Å²) in [6.07, 6.45) is 3.29. The van der Waals surface area contributed by atoms with E-state index in [0.29, 0.717) is 33.9 Å². The van der Waals surface area contributed by atoms with E-state index in [2.05, 4.69) is 25.3 Å². The molecule has 1 aliphatic heterocycles. The topological polar surface area (TPSA) is 88.1 Å². The lowest BCUT2D eigenvalue weighted by molar-refractivity contribution is -0.121. The number of aryl methyl sites for hydroxylation is 1. The minimum absolute atomic E-state index is 0.0227. The number of amides is 1. The number of aromatic nitrogens is 4. The third kappa shape index (κ3) is 5.17. The Hall–Kier alpha value is -2.75. The highest BCUT2D eigenvalue weighted by Gasteiger charge is 2.25. The van der Waals surface area contributed by atoms with Crippen molar-refractivity contribution in [1.82, 2.24) is 24.6 Å². The summed E-state index contributed by atoms with van der Waals surface area (Å²) in [5.41, 5.74) is 1.82. The van der Waals surface area contributed by atoms with Gasteiger partial charge >= 0.3 is 0 Å². The highest BCUT2D eigenvalue weighted by Crippen LogP contribution is 2.30. The van der Waals surface area contributed by atoms with Crippen LogP contribution in [-0.2, 0) is 11.5 Å². The lowest BCUT2D eigenvalue weighted by atomic mass is 9.96. The summed E-state index contributed by atoms with van der Waals surface area (Å²) in [4.78, 5) is 23.6. The number of hydrogen-bond donors (Lipinski definition) is 2. The fourth-order valence-corrected chi connectivity index (χ4v) is 4.11. The van der Waals surface area contributed by atoms with Crippen molar-refractivity contribution < 1.29 is 9.53 Å². The standard InChI is InChI=1S/C22H25ClN6O2S/c1-14-3-6-19(24-12-14)25-21(30)15-7-9-28(10-8-15)13-29-22(32)26-20(27-29)17-11-16(23)4-5-18(17)31-2/h3-6,11-12,15H,7-10,13H2,1-2H3,(H,24,25,30)(H,26,27,32). The van der Waals surface area contributed by atoms with Crippen LogP contribution in [-0.4, -0.2) is 50.8 Å². The van der Waals surface area contributed by atoms with Gasteiger partial charge in [0.1, 0.15) is 11.6 Å². The first-order valence-electron chi connectivity index (χ1n) is 10.4. The average Bonchev–Trinajstić information content (AvgIpc) is 3.15. The van der Waals surface area contributed by atoms with Gasteiger partial charge in [-0.3, -0.25) is 14.8 Å². The molecule has 1 saturated heterocycles. The zero-order chi connectivity index (χ0) is 22.7. The molecule has 168 valence electrons. The molecule has 1 aliphatic rings. The lowest BCUT2D eigenvalue weighted by Crippen LogP contribution is -2.39. The Bertz CT molecular complexity index is 1150. The lowest BCUT2D eigenvalue weighted by Gasteiger charge is -2.31. The van der Waals surface area contributed by atoms with Gasteiger partial charge in [-0.25, -0.2) is 9.67 Å². The predicted octanol–water partition coefficient (Wildman–Crippen LogP) is 4.28. The SMILES string of the molecule is COc1ccc(Cl)cc1-c1nc(=S)n(CN2CCC(C(=O)Nc3ccc(C)cn3)CC2)[nH]1. The average molecular weight is 473 g/mol. The van der Waals surface area contributed by atoms with E-state index in [0.717, 1.165) is 37.1 Å².